The minimum atomic E-state index is -0.174. The highest BCUT2D eigenvalue weighted by atomic mass is 19.1. The summed E-state index contributed by atoms with van der Waals surface area (Å²) in [6.45, 7) is 7.47. The fraction of sp³-hybridized carbons (Fsp3) is 0.400. The first-order valence-electron chi connectivity index (χ1n) is 6.64. The molecule has 0 saturated carbocycles. The van der Waals surface area contributed by atoms with Gasteiger partial charge in [-0.2, -0.15) is 0 Å². The van der Waals surface area contributed by atoms with E-state index in [2.05, 4.69) is 17.2 Å². The second-order valence-electron chi connectivity index (χ2n) is 4.70. The molecule has 0 amide bonds. The maximum absolute atomic E-state index is 14.0. The van der Waals surface area contributed by atoms with E-state index in [0.717, 1.165) is 30.0 Å². The summed E-state index contributed by atoms with van der Waals surface area (Å²) in [5.41, 5.74) is 3.57. The summed E-state index contributed by atoms with van der Waals surface area (Å²) in [5, 5.41) is 3.25. The van der Waals surface area contributed by atoms with Crippen LogP contribution in [-0.2, 0) is 6.54 Å². The van der Waals surface area contributed by atoms with E-state index < -0.39 is 0 Å². The Labute approximate surface area is 113 Å². The fourth-order valence-electron chi connectivity index (χ4n) is 2.08. The third-order valence-electron chi connectivity index (χ3n) is 3.33. The molecule has 3 nitrogen and oxygen atoms in total. The van der Waals surface area contributed by atoms with Crippen LogP contribution in [0.2, 0.25) is 0 Å². The number of hydrogen-bond acceptors (Lipinski definition) is 2. The molecular formula is C15H20FN3. The number of nitrogens with one attached hydrogen (secondary N) is 1. The van der Waals surface area contributed by atoms with Crippen molar-refractivity contribution in [2.24, 2.45) is 0 Å². The number of rotatable bonds is 5. The Balaban J connectivity index is 2.39. The Kier molecular flexibility index (Phi) is 4.32. The zero-order valence-electron chi connectivity index (χ0n) is 11.7. The average molecular weight is 261 g/mol. The molecule has 1 aromatic heterocycles. The molecule has 0 atom stereocenters. The van der Waals surface area contributed by atoms with Crippen molar-refractivity contribution in [1.29, 1.82) is 0 Å². The van der Waals surface area contributed by atoms with Crippen molar-refractivity contribution in [2.45, 2.75) is 33.7 Å². The minimum absolute atomic E-state index is 0.174. The molecule has 0 radical (unpaired) electrons. The van der Waals surface area contributed by atoms with E-state index in [-0.39, 0.29) is 5.82 Å². The molecule has 2 rings (SSSR count). The van der Waals surface area contributed by atoms with Gasteiger partial charge in [-0.3, -0.25) is 0 Å². The van der Waals surface area contributed by atoms with Crippen molar-refractivity contribution in [3.63, 3.8) is 0 Å². The molecule has 0 aliphatic rings. The quantitative estimate of drug-likeness (QED) is 0.838. The van der Waals surface area contributed by atoms with Gasteiger partial charge in [0.2, 0.25) is 0 Å². The van der Waals surface area contributed by atoms with Crippen LogP contribution >= 0.6 is 0 Å². The summed E-state index contributed by atoms with van der Waals surface area (Å²) in [6.07, 6.45) is 2.79. The number of benzene rings is 1. The Morgan fingerprint density at radius 3 is 2.74 bits per heavy atom. The number of aryl methyl sites for hydroxylation is 1. The summed E-state index contributed by atoms with van der Waals surface area (Å²) in [5.74, 6) is -0.174. The van der Waals surface area contributed by atoms with Gasteiger partial charge in [-0.05, 0) is 38.9 Å². The van der Waals surface area contributed by atoms with Gasteiger partial charge in [-0.15, -0.1) is 0 Å². The maximum Gasteiger partial charge on any atom is 0.129 e. The SMILES string of the molecule is CCCNCc1c(F)cccc1-n1cnc(C)c1C. The zero-order valence-corrected chi connectivity index (χ0v) is 11.7. The van der Waals surface area contributed by atoms with Crippen molar-refractivity contribution < 1.29 is 4.39 Å². The van der Waals surface area contributed by atoms with E-state index in [1.165, 1.54) is 6.07 Å². The number of halogens is 1. The molecule has 0 aliphatic carbocycles. The van der Waals surface area contributed by atoms with Crippen molar-refractivity contribution in [1.82, 2.24) is 14.9 Å². The molecule has 0 saturated heterocycles. The molecule has 102 valence electrons. The Morgan fingerprint density at radius 1 is 1.32 bits per heavy atom. The summed E-state index contributed by atoms with van der Waals surface area (Å²) < 4.78 is 16.0. The molecule has 0 unspecified atom stereocenters. The molecule has 4 heteroatoms. The van der Waals surface area contributed by atoms with Gasteiger partial charge in [0.15, 0.2) is 0 Å². The monoisotopic (exact) mass is 261 g/mol. The van der Waals surface area contributed by atoms with Crippen LogP contribution in [0.1, 0.15) is 30.3 Å². The Morgan fingerprint density at radius 2 is 2.11 bits per heavy atom. The van der Waals surface area contributed by atoms with E-state index in [1.807, 2.05) is 24.5 Å². The lowest BCUT2D eigenvalue weighted by Crippen LogP contribution is -2.17. The highest BCUT2D eigenvalue weighted by molar-refractivity contribution is 5.43. The lowest BCUT2D eigenvalue weighted by Gasteiger charge is -2.13. The summed E-state index contributed by atoms with van der Waals surface area (Å²) in [4.78, 5) is 4.28. The third-order valence-corrected chi connectivity index (χ3v) is 3.33. The van der Waals surface area contributed by atoms with Gasteiger partial charge in [-0.25, -0.2) is 9.37 Å². The van der Waals surface area contributed by atoms with Crippen molar-refractivity contribution in [3.05, 3.63) is 47.3 Å². The second kappa shape index (κ2) is 5.97. The van der Waals surface area contributed by atoms with Gasteiger partial charge >= 0.3 is 0 Å². The Hall–Kier alpha value is -1.68. The van der Waals surface area contributed by atoms with Gasteiger partial charge in [0.25, 0.3) is 0 Å². The first kappa shape index (κ1) is 13.7. The smallest absolute Gasteiger partial charge is 0.129 e. The first-order valence-corrected chi connectivity index (χ1v) is 6.64. The fourth-order valence-corrected chi connectivity index (χ4v) is 2.08. The van der Waals surface area contributed by atoms with Crippen molar-refractivity contribution in [2.75, 3.05) is 6.54 Å². The number of imidazole rings is 1. The van der Waals surface area contributed by atoms with Crippen LogP contribution in [0.3, 0.4) is 0 Å². The van der Waals surface area contributed by atoms with Gasteiger partial charge in [0.05, 0.1) is 17.7 Å². The molecule has 1 heterocycles. The topological polar surface area (TPSA) is 29.9 Å². The van der Waals surface area contributed by atoms with Crippen molar-refractivity contribution >= 4 is 0 Å². The van der Waals surface area contributed by atoms with E-state index in [0.29, 0.717) is 12.1 Å². The minimum Gasteiger partial charge on any atom is -0.312 e. The predicted molar refractivity (Wildman–Crippen MR) is 75.0 cm³/mol. The molecule has 0 spiro atoms. The molecule has 2 aromatic rings. The van der Waals surface area contributed by atoms with Crippen LogP contribution < -0.4 is 5.32 Å². The zero-order chi connectivity index (χ0) is 13.8. The van der Waals surface area contributed by atoms with Gasteiger partial charge in [0, 0.05) is 17.8 Å². The van der Waals surface area contributed by atoms with Crippen LogP contribution in [0.15, 0.2) is 24.5 Å². The number of aromatic nitrogens is 2. The van der Waals surface area contributed by atoms with E-state index in [1.54, 1.807) is 12.4 Å². The lowest BCUT2D eigenvalue weighted by atomic mass is 10.1. The molecular weight excluding hydrogens is 241 g/mol. The highest BCUT2D eigenvalue weighted by Gasteiger charge is 2.12. The van der Waals surface area contributed by atoms with Crippen LogP contribution in [0.25, 0.3) is 5.69 Å². The van der Waals surface area contributed by atoms with Crippen LogP contribution in [0.5, 0.6) is 0 Å². The highest BCUT2D eigenvalue weighted by Crippen LogP contribution is 2.20. The van der Waals surface area contributed by atoms with Crippen molar-refractivity contribution in [3.8, 4) is 5.69 Å². The largest absolute Gasteiger partial charge is 0.312 e. The second-order valence-corrected chi connectivity index (χ2v) is 4.70. The molecule has 0 fully saturated rings. The molecule has 0 aliphatic heterocycles. The van der Waals surface area contributed by atoms with E-state index in [4.69, 9.17) is 0 Å². The van der Waals surface area contributed by atoms with E-state index >= 15 is 0 Å². The summed E-state index contributed by atoms with van der Waals surface area (Å²) in [7, 11) is 0. The maximum atomic E-state index is 14.0. The first-order chi connectivity index (χ1) is 9.15. The van der Waals surface area contributed by atoms with Crippen LogP contribution in [0.4, 0.5) is 4.39 Å². The number of nitrogens with zero attached hydrogens (tertiary/aromatic N) is 2. The molecule has 19 heavy (non-hydrogen) atoms. The average Bonchev–Trinajstić information content (AvgIpc) is 2.72. The van der Waals surface area contributed by atoms with E-state index in [9.17, 15) is 4.39 Å². The van der Waals surface area contributed by atoms with Crippen LogP contribution in [-0.4, -0.2) is 16.1 Å². The normalized spacial score (nSPS) is 10.9. The predicted octanol–water partition coefficient (Wildman–Crippen LogP) is 3.13. The summed E-state index contributed by atoms with van der Waals surface area (Å²) >= 11 is 0. The summed E-state index contributed by atoms with van der Waals surface area (Å²) in [6, 6.07) is 5.18. The van der Waals surface area contributed by atoms with Gasteiger partial charge < -0.3 is 9.88 Å². The third kappa shape index (κ3) is 2.84. The molecule has 1 aromatic carbocycles. The van der Waals surface area contributed by atoms with Crippen LogP contribution in [0, 0.1) is 19.7 Å². The molecule has 0 bridgehead atoms. The standard InChI is InChI=1S/C15H20FN3/c1-4-8-17-9-13-14(16)6-5-7-15(13)19-10-18-11(2)12(19)3/h5-7,10,17H,4,8-9H2,1-3H3. The van der Waals surface area contributed by atoms with Gasteiger partial charge in [-0.1, -0.05) is 13.0 Å². The Bertz CT molecular complexity index is 561. The lowest BCUT2D eigenvalue weighted by molar-refractivity contribution is 0.583. The van der Waals surface area contributed by atoms with Gasteiger partial charge in [0.1, 0.15) is 5.82 Å². The molecule has 1 N–H and O–H groups in total. The number of hydrogen-bond donors (Lipinski definition) is 1.